The maximum absolute atomic E-state index is 2.45. The molecule has 64 heavy (non-hydrogen) atoms. The molecule has 0 aliphatic heterocycles. The Hall–Kier alpha value is -8.46. The van der Waals surface area contributed by atoms with Gasteiger partial charge in [0.1, 0.15) is 0 Å². The Labute approximate surface area is 373 Å². The third-order valence-corrected chi connectivity index (χ3v) is 12.7. The van der Waals surface area contributed by atoms with Gasteiger partial charge in [0, 0.05) is 33.2 Å². The van der Waals surface area contributed by atoms with E-state index >= 15 is 0 Å². The Morgan fingerprint density at radius 2 is 0.844 bits per heavy atom. The number of hydrogen-bond donors (Lipinski definition) is 0. The van der Waals surface area contributed by atoms with Crippen molar-refractivity contribution in [1.29, 1.82) is 0 Å². The molecule has 2 nitrogen and oxygen atoms in total. The van der Waals surface area contributed by atoms with Crippen molar-refractivity contribution >= 4 is 60.4 Å². The van der Waals surface area contributed by atoms with Gasteiger partial charge in [-0.15, -0.1) is 0 Å². The molecule has 0 atom stereocenters. The first kappa shape index (κ1) is 37.3. The van der Waals surface area contributed by atoms with E-state index in [0.717, 1.165) is 33.9 Å². The van der Waals surface area contributed by atoms with Crippen molar-refractivity contribution in [1.82, 2.24) is 4.57 Å². The van der Waals surface area contributed by atoms with E-state index in [4.69, 9.17) is 0 Å². The van der Waals surface area contributed by atoms with E-state index in [2.05, 4.69) is 264 Å². The molecule has 0 aliphatic rings. The van der Waals surface area contributed by atoms with Crippen LogP contribution in [0, 0.1) is 0 Å². The molecule has 0 radical (unpaired) electrons. The SMILES string of the molecule is c1ccc(-c2cccc(N(c3ccc(-c4cc(-c5ccccc5)cc(-n5c6ccccc6c6c7ccccc7ccc65)c4)cc3)c3ccc(-c4ccccc4)c4ccccc34)c2)cc1. The molecule has 0 N–H and O–H groups in total. The molecule has 12 aromatic rings. The van der Waals surface area contributed by atoms with E-state index in [1.807, 2.05) is 0 Å². The fourth-order valence-electron chi connectivity index (χ4n) is 9.75. The lowest BCUT2D eigenvalue weighted by molar-refractivity contribution is 1.18. The Morgan fingerprint density at radius 1 is 0.281 bits per heavy atom. The maximum Gasteiger partial charge on any atom is 0.0547 e. The van der Waals surface area contributed by atoms with Gasteiger partial charge in [-0.3, -0.25) is 0 Å². The summed E-state index contributed by atoms with van der Waals surface area (Å²) in [5.41, 5.74) is 16.3. The van der Waals surface area contributed by atoms with E-state index in [-0.39, 0.29) is 0 Å². The van der Waals surface area contributed by atoms with Gasteiger partial charge in [-0.1, -0.05) is 194 Å². The van der Waals surface area contributed by atoms with Crippen molar-refractivity contribution in [2.75, 3.05) is 4.90 Å². The molecule has 11 aromatic carbocycles. The van der Waals surface area contributed by atoms with Crippen molar-refractivity contribution in [3.8, 4) is 50.2 Å². The van der Waals surface area contributed by atoms with E-state index in [9.17, 15) is 0 Å². The lowest BCUT2D eigenvalue weighted by Gasteiger charge is -2.28. The second kappa shape index (κ2) is 15.8. The molecular formula is C62H42N2. The second-order valence-electron chi connectivity index (χ2n) is 16.5. The van der Waals surface area contributed by atoms with Crippen molar-refractivity contribution in [2.24, 2.45) is 0 Å². The summed E-state index contributed by atoms with van der Waals surface area (Å²) < 4.78 is 2.45. The lowest BCUT2D eigenvalue weighted by atomic mass is 9.95. The first-order chi connectivity index (χ1) is 31.7. The highest BCUT2D eigenvalue weighted by Gasteiger charge is 2.20. The van der Waals surface area contributed by atoms with Gasteiger partial charge in [-0.25, -0.2) is 0 Å². The molecule has 1 heterocycles. The van der Waals surface area contributed by atoms with Crippen LogP contribution in [0.4, 0.5) is 17.1 Å². The third kappa shape index (κ3) is 6.52. The van der Waals surface area contributed by atoms with Crippen LogP contribution < -0.4 is 4.90 Å². The van der Waals surface area contributed by atoms with Crippen molar-refractivity contribution in [2.45, 2.75) is 0 Å². The van der Waals surface area contributed by atoms with Gasteiger partial charge in [0.05, 0.1) is 16.7 Å². The van der Waals surface area contributed by atoms with Crippen LogP contribution >= 0.6 is 0 Å². The summed E-state index contributed by atoms with van der Waals surface area (Å²) >= 11 is 0. The number of aromatic nitrogens is 1. The summed E-state index contributed by atoms with van der Waals surface area (Å²) in [6.07, 6.45) is 0. The van der Waals surface area contributed by atoms with Crippen molar-refractivity contribution in [3.05, 3.63) is 255 Å². The Balaban J connectivity index is 1.03. The van der Waals surface area contributed by atoms with Crippen LogP contribution in [0.5, 0.6) is 0 Å². The molecule has 0 unspecified atom stereocenters. The van der Waals surface area contributed by atoms with Crippen LogP contribution in [0.2, 0.25) is 0 Å². The highest BCUT2D eigenvalue weighted by Crippen LogP contribution is 2.44. The van der Waals surface area contributed by atoms with E-state index in [0.29, 0.717) is 0 Å². The molecule has 300 valence electrons. The summed E-state index contributed by atoms with van der Waals surface area (Å²) in [7, 11) is 0. The Bertz CT molecular complexity index is 3640. The minimum absolute atomic E-state index is 1.08. The van der Waals surface area contributed by atoms with E-state index in [1.165, 1.54) is 76.7 Å². The zero-order chi connectivity index (χ0) is 42.4. The first-order valence-corrected chi connectivity index (χ1v) is 22.0. The number of anilines is 3. The number of para-hydroxylation sites is 1. The average Bonchev–Trinajstić information content (AvgIpc) is 3.72. The maximum atomic E-state index is 2.45. The molecule has 0 bridgehead atoms. The summed E-state index contributed by atoms with van der Waals surface area (Å²) in [5, 5.41) is 7.47. The fourth-order valence-corrected chi connectivity index (χ4v) is 9.75. The highest BCUT2D eigenvalue weighted by atomic mass is 15.1. The lowest BCUT2D eigenvalue weighted by Crippen LogP contribution is -2.10. The van der Waals surface area contributed by atoms with Crippen LogP contribution in [0.25, 0.3) is 93.5 Å². The minimum Gasteiger partial charge on any atom is -0.310 e. The summed E-state index contributed by atoms with van der Waals surface area (Å²) in [4.78, 5) is 2.42. The molecule has 2 heteroatoms. The molecule has 0 spiro atoms. The monoisotopic (exact) mass is 814 g/mol. The highest BCUT2D eigenvalue weighted by molar-refractivity contribution is 6.21. The van der Waals surface area contributed by atoms with Crippen LogP contribution in [0.3, 0.4) is 0 Å². The van der Waals surface area contributed by atoms with Crippen LogP contribution in [0.1, 0.15) is 0 Å². The van der Waals surface area contributed by atoms with Gasteiger partial charge in [0.2, 0.25) is 0 Å². The van der Waals surface area contributed by atoms with Gasteiger partial charge < -0.3 is 9.47 Å². The molecule has 12 rings (SSSR count). The van der Waals surface area contributed by atoms with Gasteiger partial charge >= 0.3 is 0 Å². The normalized spacial score (nSPS) is 11.4. The van der Waals surface area contributed by atoms with Gasteiger partial charge in [0.25, 0.3) is 0 Å². The quantitative estimate of drug-likeness (QED) is 0.148. The van der Waals surface area contributed by atoms with Crippen molar-refractivity contribution in [3.63, 3.8) is 0 Å². The Morgan fingerprint density at radius 3 is 1.56 bits per heavy atom. The zero-order valence-electron chi connectivity index (χ0n) is 35.1. The number of rotatable bonds is 8. The number of fused-ring (bicyclic) bond motifs is 6. The van der Waals surface area contributed by atoms with Crippen LogP contribution in [0.15, 0.2) is 255 Å². The molecule has 0 aliphatic carbocycles. The van der Waals surface area contributed by atoms with E-state index in [1.54, 1.807) is 0 Å². The molecule has 0 fully saturated rings. The molecule has 0 saturated carbocycles. The first-order valence-electron chi connectivity index (χ1n) is 22.0. The summed E-state index contributed by atoms with van der Waals surface area (Å²) in [6.45, 7) is 0. The molecular weight excluding hydrogens is 773 g/mol. The zero-order valence-corrected chi connectivity index (χ0v) is 35.1. The van der Waals surface area contributed by atoms with Gasteiger partial charge in [-0.05, 0) is 121 Å². The summed E-state index contributed by atoms with van der Waals surface area (Å²) in [5.74, 6) is 0. The number of nitrogens with zero attached hydrogens (tertiary/aromatic N) is 2. The predicted octanol–water partition coefficient (Wildman–Crippen LogP) is 17.2. The predicted molar refractivity (Wildman–Crippen MR) is 272 cm³/mol. The van der Waals surface area contributed by atoms with Crippen LogP contribution in [-0.2, 0) is 0 Å². The number of hydrogen-bond acceptors (Lipinski definition) is 1. The molecule has 0 amide bonds. The largest absolute Gasteiger partial charge is 0.310 e. The minimum atomic E-state index is 1.08. The van der Waals surface area contributed by atoms with Gasteiger partial charge in [0.15, 0.2) is 0 Å². The van der Waals surface area contributed by atoms with Gasteiger partial charge in [-0.2, -0.15) is 0 Å². The fraction of sp³-hybridized carbons (Fsp3) is 0. The van der Waals surface area contributed by atoms with E-state index < -0.39 is 0 Å². The second-order valence-corrected chi connectivity index (χ2v) is 16.5. The van der Waals surface area contributed by atoms with Crippen molar-refractivity contribution < 1.29 is 0 Å². The third-order valence-electron chi connectivity index (χ3n) is 12.7. The Kier molecular flexibility index (Phi) is 9.20. The van der Waals surface area contributed by atoms with Crippen LogP contribution in [-0.4, -0.2) is 4.57 Å². The molecule has 0 saturated heterocycles. The smallest absolute Gasteiger partial charge is 0.0547 e. The standard InChI is InChI=1S/C62H42N2/c1-4-17-43(18-5-1)48-24-16-25-52(40-48)63(60-38-36-54(46-21-8-3-9-22-46)56-27-12-13-28-57(56)60)51-34-31-45(32-35-51)50-39-49(44-19-6-2-7-20-44)41-53(42-50)64-59-30-15-14-29-58(59)62-55-26-11-10-23-47(55)33-37-61(62)64/h1-42H. The summed E-state index contributed by atoms with van der Waals surface area (Å²) in [6, 6.07) is 92.7. The average molecular weight is 815 g/mol. The number of benzene rings is 11. The molecule has 1 aromatic heterocycles. The topological polar surface area (TPSA) is 8.17 Å².